The van der Waals surface area contributed by atoms with Gasteiger partial charge < -0.3 is 4.74 Å². The van der Waals surface area contributed by atoms with E-state index in [1.165, 1.54) is 11.3 Å². The van der Waals surface area contributed by atoms with Gasteiger partial charge in [-0.2, -0.15) is 5.10 Å². The summed E-state index contributed by atoms with van der Waals surface area (Å²) < 4.78 is 8.35. The van der Waals surface area contributed by atoms with Crippen molar-refractivity contribution >= 4 is 32.6 Å². The topological polar surface area (TPSA) is 60.2 Å². The lowest BCUT2D eigenvalue weighted by Gasteiger charge is -2.19. The Kier molecular flexibility index (Phi) is 5.55. The Morgan fingerprint density at radius 2 is 1.93 bits per heavy atom. The SMILES string of the molecule is CCn1nc(C(=O)N(Cc2ccccc2)c2nc3c(OC)ccc(C)c3s2)cc1C. The lowest BCUT2D eigenvalue weighted by Crippen LogP contribution is -2.30. The molecule has 154 valence electrons. The molecule has 30 heavy (non-hydrogen) atoms. The lowest BCUT2D eigenvalue weighted by molar-refractivity contribution is 0.0979. The maximum Gasteiger partial charge on any atom is 0.280 e. The fourth-order valence-corrected chi connectivity index (χ4v) is 4.49. The molecule has 0 bridgehead atoms. The first-order chi connectivity index (χ1) is 14.5. The third kappa shape index (κ3) is 3.68. The molecule has 7 heteroatoms. The minimum absolute atomic E-state index is 0.162. The zero-order chi connectivity index (χ0) is 21.3. The highest BCUT2D eigenvalue weighted by atomic mass is 32.1. The first-order valence-corrected chi connectivity index (χ1v) is 10.7. The highest BCUT2D eigenvalue weighted by Crippen LogP contribution is 2.37. The number of hydrogen-bond donors (Lipinski definition) is 0. The Labute approximate surface area is 179 Å². The molecule has 0 radical (unpaired) electrons. The van der Waals surface area contributed by atoms with Crippen molar-refractivity contribution in [3.05, 3.63) is 71.0 Å². The standard InChI is InChI=1S/C23H24N4O2S/c1-5-27-16(3)13-18(25-27)22(28)26(14-17-9-7-6-8-10-17)23-24-20-19(29-4)12-11-15(2)21(20)30-23/h6-13H,5,14H2,1-4H3. The second-order valence-corrected chi connectivity index (χ2v) is 8.10. The number of benzene rings is 2. The maximum absolute atomic E-state index is 13.5. The van der Waals surface area contributed by atoms with E-state index in [9.17, 15) is 4.79 Å². The molecule has 1 amide bonds. The molecule has 2 aromatic carbocycles. The van der Waals surface area contributed by atoms with E-state index in [0.29, 0.717) is 23.1 Å². The number of rotatable bonds is 6. The molecule has 2 heterocycles. The van der Waals surface area contributed by atoms with E-state index in [0.717, 1.165) is 33.6 Å². The minimum atomic E-state index is -0.162. The first-order valence-electron chi connectivity index (χ1n) is 9.86. The van der Waals surface area contributed by atoms with Crippen LogP contribution in [0.15, 0.2) is 48.5 Å². The third-order valence-electron chi connectivity index (χ3n) is 5.07. The van der Waals surface area contributed by atoms with Gasteiger partial charge in [0.15, 0.2) is 10.8 Å². The molecule has 6 nitrogen and oxygen atoms in total. The number of nitrogens with zero attached hydrogens (tertiary/aromatic N) is 4. The number of carbonyl (C=O) groups excluding carboxylic acids is 1. The summed E-state index contributed by atoms with van der Waals surface area (Å²) in [4.78, 5) is 20.0. The van der Waals surface area contributed by atoms with Gasteiger partial charge >= 0.3 is 0 Å². The Hall–Kier alpha value is -3.19. The van der Waals surface area contributed by atoms with Gasteiger partial charge in [0.05, 0.1) is 18.4 Å². The van der Waals surface area contributed by atoms with Crippen molar-refractivity contribution in [3.63, 3.8) is 0 Å². The molecule has 4 aromatic rings. The average Bonchev–Trinajstić information content (AvgIpc) is 3.37. The predicted molar refractivity (Wildman–Crippen MR) is 121 cm³/mol. The molecule has 0 atom stereocenters. The third-order valence-corrected chi connectivity index (χ3v) is 6.29. The Bertz CT molecular complexity index is 1200. The van der Waals surface area contributed by atoms with Crippen LogP contribution in [0.1, 0.15) is 34.2 Å². The maximum atomic E-state index is 13.5. The largest absolute Gasteiger partial charge is 0.494 e. The predicted octanol–water partition coefficient (Wildman–Crippen LogP) is 4.99. The summed E-state index contributed by atoms with van der Waals surface area (Å²) in [5.74, 6) is 0.543. The molecular formula is C23H24N4O2S. The number of fused-ring (bicyclic) bond motifs is 1. The van der Waals surface area contributed by atoms with Crippen molar-refractivity contribution in [2.24, 2.45) is 0 Å². The number of methoxy groups -OCH3 is 1. The Balaban J connectivity index is 1.81. The van der Waals surface area contributed by atoms with Gasteiger partial charge in [-0.15, -0.1) is 0 Å². The number of ether oxygens (including phenoxy) is 1. The van der Waals surface area contributed by atoms with E-state index >= 15 is 0 Å². The van der Waals surface area contributed by atoms with Crippen LogP contribution in [-0.4, -0.2) is 27.8 Å². The summed E-state index contributed by atoms with van der Waals surface area (Å²) in [7, 11) is 1.64. The summed E-state index contributed by atoms with van der Waals surface area (Å²) >= 11 is 1.50. The van der Waals surface area contributed by atoms with Crippen molar-refractivity contribution < 1.29 is 9.53 Å². The highest BCUT2D eigenvalue weighted by molar-refractivity contribution is 7.22. The van der Waals surface area contributed by atoms with E-state index in [-0.39, 0.29) is 5.91 Å². The van der Waals surface area contributed by atoms with Crippen molar-refractivity contribution in [3.8, 4) is 5.75 Å². The quantitative estimate of drug-likeness (QED) is 0.441. The van der Waals surface area contributed by atoms with Gasteiger partial charge in [0.25, 0.3) is 5.91 Å². The molecule has 0 spiro atoms. The fourth-order valence-electron chi connectivity index (χ4n) is 3.44. The molecule has 0 unspecified atom stereocenters. The van der Waals surface area contributed by atoms with Crippen LogP contribution in [0.5, 0.6) is 5.75 Å². The van der Waals surface area contributed by atoms with E-state index in [4.69, 9.17) is 9.72 Å². The molecule has 0 N–H and O–H groups in total. The van der Waals surface area contributed by atoms with E-state index in [2.05, 4.69) is 5.10 Å². The number of carbonyl (C=O) groups is 1. The summed E-state index contributed by atoms with van der Waals surface area (Å²) in [6.45, 7) is 7.15. The van der Waals surface area contributed by atoms with Crippen LogP contribution in [0.3, 0.4) is 0 Å². The van der Waals surface area contributed by atoms with Crippen molar-refractivity contribution in [2.75, 3.05) is 12.0 Å². The fraction of sp³-hybridized carbons (Fsp3) is 0.261. The molecule has 2 aromatic heterocycles. The molecule has 0 aliphatic heterocycles. The normalized spacial score (nSPS) is 11.1. The second-order valence-electron chi connectivity index (χ2n) is 7.12. The Morgan fingerprint density at radius 1 is 1.17 bits per heavy atom. The number of aryl methyl sites for hydroxylation is 3. The van der Waals surface area contributed by atoms with Crippen LogP contribution in [-0.2, 0) is 13.1 Å². The molecular weight excluding hydrogens is 396 g/mol. The Morgan fingerprint density at radius 3 is 2.60 bits per heavy atom. The van der Waals surface area contributed by atoms with Gasteiger partial charge in [0, 0.05) is 12.2 Å². The van der Waals surface area contributed by atoms with E-state index < -0.39 is 0 Å². The average molecular weight is 421 g/mol. The van der Waals surface area contributed by atoms with Gasteiger partial charge in [-0.25, -0.2) is 4.98 Å². The van der Waals surface area contributed by atoms with Crippen LogP contribution in [0, 0.1) is 13.8 Å². The summed E-state index contributed by atoms with van der Waals surface area (Å²) in [5.41, 5.74) is 4.29. The van der Waals surface area contributed by atoms with Crippen LogP contribution >= 0.6 is 11.3 Å². The number of aromatic nitrogens is 3. The van der Waals surface area contributed by atoms with Crippen molar-refractivity contribution in [1.29, 1.82) is 0 Å². The summed E-state index contributed by atoms with van der Waals surface area (Å²) in [6.07, 6.45) is 0. The lowest BCUT2D eigenvalue weighted by atomic mass is 10.2. The van der Waals surface area contributed by atoms with Crippen LogP contribution in [0.25, 0.3) is 10.2 Å². The van der Waals surface area contributed by atoms with Crippen molar-refractivity contribution in [1.82, 2.24) is 14.8 Å². The van der Waals surface area contributed by atoms with E-state index in [1.54, 1.807) is 12.0 Å². The molecule has 0 fully saturated rings. The van der Waals surface area contributed by atoms with Gasteiger partial charge in [0.1, 0.15) is 11.3 Å². The number of anilines is 1. The minimum Gasteiger partial charge on any atom is -0.494 e. The zero-order valence-electron chi connectivity index (χ0n) is 17.5. The summed E-state index contributed by atoms with van der Waals surface area (Å²) in [6, 6.07) is 15.7. The highest BCUT2D eigenvalue weighted by Gasteiger charge is 2.25. The summed E-state index contributed by atoms with van der Waals surface area (Å²) in [5, 5.41) is 5.13. The van der Waals surface area contributed by atoms with Gasteiger partial charge in [-0.1, -0.05) is 47.7 Å². The number of amides is 1. The molecule has 0 aliphatic rings. The zero-order valence-corrected chi connectivity index (χ0v) is 18.4. The van der Waals surface area contributed by atoms with E-state index in [1.807, 2.05) is 74.0 Å². The molecule has 4 rings (SSSR count). The second kappa shape index (κ2) is 8.28. The van der Waals surface area contributed by atoms with Crippen LogP contribution < -0.4 is 9.64 Å². The van der Waals surface area contributed by atoms with Gasteiger partial charge in [0.2, 0.25) is 0 Å². The number of hydrogen-bond acceptors (Lipinski definition) is 5. The van der Waals surface area contributed by atoms with Crippen LogP contribution in [0.4, 0.5) is 5.13 Å². The van der Waals surface area contributed by atoms with Gasteiger partial charge in [-0.3, -0.25) is 14.4 Å². The monoisotopic (exact) mass is 420 g/mol. The first kappa shape index (κ1) is 20.1. The van der Waals surface area contributed by atoms with Gasteiger partial charge in [-0.05, 0) is 44.0 Å². The van der Waals surface area contributed by atoms with Crippen molar-refractivity contribution in [2.45, 2.75) is 33.9 Å². The van der Waals surface area contributed by atoms with Crippen LogP contribution in [0.2, 0.25) is 0 Å². The molecule has 0 aliphatic carbocycles. The molecule has 0 saturated heterocycles. The smallest absolute Gasteiger partial charge is 0.280 e. The number of thiazole rings is 1. The molecule has 0 saturated carbocycles.